The molecule has 1 saturated heterocycles. The van der Waals surface area contributed by atoms with Crippen LogP contribution in [0.4, 0.5) is 11.4 Å². The molecule has 0 N–H and O–H groups in total. The van der Waals surface area contributed by atoms with Crippen LogP contribution in [0.15, 0.2) is 36.4 Å². The molecule has 0 aromatic heterocycles. The molecule has 1 aliphatic heterocycles. The van der Waals surface area contributed by atoms with Crippen LogP contribution in [-0.4, -0.2) is 61.1 Å². The summed E-state index contributed by atoms with van der Waals surface area (Å²) >= 11 is 6.00. The number of carbonyl (C=O) groups is 2. The van der Waals surface area contributed by atoms with E-state index in [0.717, 1.165) is 5.56 Å². The van der Waals surface area contributed by atoms with Crippen molar-refractivity contribution in [2.75, 3.05) is 44.3 Å². The Morgan fingerprint density at radius 3 is 2.47 bits per heavy atom. The SMILES string of the molecule is CCOC(=O)c1ccc(N2CCN(C(=O)COc3ccc(Cl)c(C)c3)CC2)c([N+](=O)[O-])c1. The van der Waals surface area contributed by atoms with Crippen molar-refractivity contribution in [1.82, 2.24) is 4.90 Å². The fourth-order valence-corrected chi connectivity index (χ4v) is 3.54. The van der Waals surface area contributed by atoms with E-state index >= 15 is 0 Å². The second-order valence-corrected chi connectivity index (χ2v) is 7.66. The molecular weight excluding hydrogens is 438 g/mol. The standard InChI is InChI=1S/C22H24ClN3O6/c1-3-31-22(28)16-4-7-19(20(13-16)26(29)30)24-8-10-25(11-9-24)21(27)14-32-17-5-6-18(23)15(2)12-17/h4-7,12-13H,3,8-11,14H2,1-2H3. The van der Waals surface area contributed by atoms with Gasteiger partial charge >= 0.3 is 5.97 Å². The molecule has 1 amide bonds. The largest absolute Gasteiger partial charge is 0.484 e. The van der Waals surface area contributed by atoms with Crippen molar-refractivity contribution < 1.29 is 24.0 Å². The van der Waals surface area contributed by atoms with E-state index in [0.29, 0.717) is 42.6 Å². The second kappa shape index (κ2) is 10.3. The van der Waals surface area contributed by atoms with Crippen LogP contribution in [-0.2, 0) is 9.53 Å². The lowest BCUT2D eigenvalue weighted by atomic mass is 10.1. The van der Waals surface area contributed by atoms with Gasteiger partial charge in [0.1, 0.15) is 11.4 Å². The number of piperazine rings is 1. The first-order valence-corrected chi connectivity index (χ1v) is 10.5. The molecule has 32 heavy (non-hydrogen) atoms. The molecule has 1 aliphatic rings. The highest BCUT2D eigenvalue weighted by atomic mass is 35.5. The van der Waals surface area contributed by atoms with Crippen LogP contribution in [0.3, 0.4) is 0 Å². The van der Waals surface area contributed by atoms with Crippen molar-refractivity contribution in [2.24, 2.45) is 0 Å². The molecule has 10 heteroatoms. The minimum absolute atomic E-state index is 0.102. The predicted octanol–water partition coefficient (Wildman–Crippen LogP) is 3.46. The maximum absolute atomic E-state index is 12.5. The quantitative estimate of drug-likeness (QED) is 0.353. The molecule has 2 aromatic rings. The smallest absolute Gasteiger partial charge is 0.338 e. The maximum atomic E-state index is 12.5. The van der Waals surface area contributed by atoms with Crippen molar-refractivity contribution in [3.05, 3.63) is 62.7 Å². The Labute approximate surface area is 190 Å². The minimum Gasteiger partial charge on any atom is -0.484 e. The molecule has 0 saturated carbocycles. The molecule has 1 fully saturated rings. The molecule has 0 aliphatic carbocycles. The third kappa shape index (κ3) is 5.47. The maximum Gasteiger partial charge on any atom is 0.338 e. The first-order chi connectivity index (χ1) is 15.3. The van der Waals surface area contributed by atoms with E-state index in [4.69, 9.17) is 21.1 Å². The van der Waals surface area contributed by atoms with E-state index in [2.05, 4.69) is 0 Å². The Balaban J connectivity index is 1.61. The molecule has 170 valence electrons. The number of hydrogen-bond acceptors (Lipinski definition) is 7. The molecule has 0 spiro atoms. The Morgan fingerprint density at radius 2 is 1.84 bits per heavy atom. The number of halogens is 1. The van der Waals surface area contributed by atoms with Gasteiger partial charge in [-0.2, -0.15) is 0 Å². The number of amides is 1. The molecule has 1 heterocycles. The normalized spacial score (nSPS) is 13.6. The Morgan fingerprint density at radius 1 is 1.12 bits per heavy atom. The van der Waals surface area contributed by atoms with Gasteiger partial charge in [-0.25, -0.2) is 4.79 Å². The highest BCUT2D eigenvalue weighted by molar-refractivity contribution is 6.31. The van der Waals surface area contributed by atoms with Gasteiger partial charge in [-0.05, 0) is 49.7 Å². The van der Waals surface area contributed by atoms with Crippen LogP contribution in [0.25, 0.3) is 0 Å². The lowest BCUT2D eigenvalue weighted by molar-refractivity contribution is -0.384. The van der Waals surface area contributed by atoms with Crippen LogP contribution in [0.2, 0.25) is 5.02 Å². The summed E-state index contributed by atoms with van der Waals surface area (Å²) in [5, 5.41) is 12.2. The minimum atomic E-state index is -0.603. The monoisotopic (exact) mass is 461 g/mol. The van der Waals surface area contributed by atoms with Gasteiger partial charge in [0.05, 0.1) is 17.1 Å². The molecule has 0 bridgehead atoms. The van der Waals surface area contributed by atoms with Crippen LogP contribution in [0.1, 0.15) is 22.8 Å². The van der Waals surface area contributed by atoms with Crippen molar-refractivity contribution in [3.8, 4) is 5.75 Å². The van der Waals surface area contributed by atoms with Gasteiger partial charge in [0, 0.05) is 37.3 Å². The zero-order chi connectivity index (χ0) is 23.3. The van der Waals surface area contributed by atoms with E-state index in [9.17, 15) is 19.7 Å². The summed E-state index contributed by atoms with van der Waals surface area (Å²) in [5.41, 5.74) is 1.23. The van der Waals surface area contributed by atoms with Gasteiger partial charge in [-0.15, -0.1) is 0 Å². The number of aryl methyl sites for hydroxylation is 1. The number of hydrogen-bond donors (Lipinski definition) is 0. The van der Waals surface area contributed by atoms with E-state index in [1.165, 1.54) is 12.1 Å². The summed E-state index contributed by atoms with van der Waals surface area (Å²) in [6.07, 6.45) is 0. The number of benzene rings is 2. The average Bonchev–Trinajstić information content (AvgIpc) is 2.79. The summed E-state index contributed by atoms with van der Waals surface area (Å²) in [5.74, 6) is -0.200. The molecule has 0 unspecified atom stereocenters. The highest BCUT2D eigenvalue weighted by Crippen LogP contribution is 2.30. The fourth-order valence-electron chi connectivity index (χ4n) is 3.42. The second-order valence-electron chi connectivity index (χ2n) is 7.25. The number of carbonyl (C=O) groups excluding carboxylic acids is 2. The summed E-state index contributed by atoms with van der Waals surface area (Å²) in [4.78, 5) is 39.0. The van der Waals surface area contributed by atoms with E-state index in [1.807, 2.05) is 11.8 Å². The third-order valence-corrected chi connectivity index (χ3v) is 5.57. The Kier molecular flexibility index (Phi) is 7.53. The van der Waals surface area contributed by atoms with Crippen LogP contribution < -0.4 is 9.64 Å². The average molecular weight is 462 g/mol. The molecule has 2 aromatic carbocycles. The van der Waals surface area contributed by atoms with Crippen molar-refractivity contribution in [2.45, 2.75) is 13.8 Å². The van der Waals surface area contributed by atoms with E-state index in [1.54, 1.807) is 36.1 Å². The molecular formula is C22H24ClN3O6. The molecule has 3 rings (SSSR count). The summed E-state index contributed by atoms with van der Waals surface area (Å²) in [6, 6.07) is 9.49. The van der Waals surface area contributed by atoms with E-state index in [-0.39, 0.29) is 30.4 Å². The number of rotatable bonds is 7. The van der Waals surface area contributed by atoms with E-state index < -0.39 is 10.9 Å². The molecule has 0 radical (unpaired) electrons. The predicted molar refractivity (Wildman–Crippen MR) is 120 cm³/mol. The number of esters is 1. The van der Waals surface area contributed by atoms with Crippen LogP contribution in [0, 0.1) is 17.0 Å². The van der Waals surface area contributed by atoms with Crippen molar-refractivity contribution in [1.29, 1.82) is 0 Å². The van der Waals surface area contributed by atoms with Gasteiger partial charge in [-0.3, -0.25) is 14.9 Å². The first-order valence-electron chi connectivity index (χ1n) is 10.2. The third-order valence-electron chi connectivity index (χ3n) is 5.15. The van der Waals surface area contributed by atoms with Gasteiger partial charge in [-0.1, -0.05) is 11.6 Å². The van der Waals surface area contributed by atoms with Gasteiger partial charge in [0.2, 0.25) is 0 Å². The lowest BCUT2D eigenvalue weighted by Crippen LogP contribution is -2.50. The molecule has 9 nitrogen and oxygen atoms in total. The summed E-state index contributed by atoms with van der Waals surface area (Å²) in [7, 11) is 0. The number of nitro groups is 1. The van der Waals surface area contributed by atoms with Crippen LogP contribution in [0.5, 0.6) is 5.75 Å². The highest BCUT2D eigenvalue weighted by Gasteiger charge is 2.27. The van der Waals surface area contributed by atoms with Gasteiger partial charge in [0.15, 0.2) is 6.61 Å². The van der Waals surface area contributed by atoms with Gasteiger partial charge < -0.3 is 19.3 Å². The lowest BCUT2D eigenvalue weighted by Gasteiger charge is -2.35. The topological polar surface area (TPSA) is 102 Å². The Hall–Kier alpha value is -3.33. The molecule has 0 atom stereocenters. The van der Waals surface area contributed by atoms with Crippen molar-refractivity contribution in [3.63, 3.8) is 0 Å². The fraction of sp³-hybridized carbons (Fsp3) is 0.364. The number of nitrogens with zero attached hydrogens (tertiary/aromatic N) is 3. The summed E-state index contributed by atoms with van der Waals surface area (Å²) < 4.78 is 10.5. The number of nitro benzene ring substituents is 1. The van der Waals surface area contributed by atoms with Gasteiger partial charge in [0.25, 0.3) is 11.6 Å². The zero-order valence-corrected chi connectivity index (χ0v) is 18.6. The zero-order valence-electron chi connectivity index (χ0n) is 17.9. The van der Waals surface area contributed by atoms with Crippen molar-refractivity contribution >= 4 is 34.9 Å². The number of anilines is 1. The first kappa shape index (κ1) is 23.3. The Bertz CT molecular complexity index is 1020. The van der Waals surface area contributed by atoms with Crippen LogP contribution >= 0.6 is 11.6 Å². The number of ether oxygens (including phenoxy) is 2. The summed E-state index contributed by atoms with van der Waals surface area (Å²) in [6.45, 7) is 5.26.